The van der Waals surface area contributed by atoms with E-state index in [-0.39, 0.29) is 24.2 Å². The Morgan fingerprint density at radius 2 is 1.78 bits per heavy atom. The van der Waals surface area contributed by atoms with Crippen LogP contribution in [0, 0.1) is 11.8 Å². The molecule has 0 aliphatic carbocycles. The third kappa shape index (κ3) is 6.80. The normalized spacial score (nSPS) is 12.5. The van der Waals surface area contributed by atoms with Crippen LogP contribution in [-0.4, -0.2) is 25.6 Å². The zero-order chi connectivity index (χ0) is 16.8. The lowest BCUT2D eigenvalue weighted by molar-refractivity contribution is -0.125. The average molecular weight is 343 g/mol. The lowest BCUT2D eigenvalue weighted by Crippen LogP contribution is -2.42. The minimum atomic E-state index is -0.578. The molecule has 4 nitrogen and oxygen atoms in total. The van der Waals surface area contributed by atoms with Gasteiger partial charge in [0, 0.05) is 6.54 Å². The van der Waals surface area contributed by atoms with Crippen LogP contribution in [0.25, 0.3) is 0 Å². The molecule has 0 aromatic heterocycles. The van der Waals surface area contributed by atoms with Crippen molar-refractivity contribution >= 4 is 18.3 Å². The molecule has 0 radical (unpaired) electrons. The summed E-state index contributed by atoms with van der Waals surface area (Å²) in [5, 5.41) is 2.98. The lowest BCUT2D eigenvalue weighted by atomic mass is 9.83. The first kappa shape index (κ1) is 21.7. The number of nitrogens with two attached hydrogens (primary N) is 1. The molecule has 1 aromatic rings. The topological polar surface area (TPSA) is 64.3 Å². The number of hydrogen-bond donors (Lipinski definition) is 2. The molecule has 0 saturated carbocycles. The molecular formula is C18H31ClN2O2. The molecule has 0 bridgehead atoms. The molecule has 0 aliphatic heterocycles. The maximum atomic E-state index is 12.4. The molecule has 0 saturated heterocycles. The molecular weight excluding hydrogens is 312 g/mol. The van der Waals surface area contributed by atoms with Gasteiger partial charge in [-0.05, 0) is 49.9 Å². The zero-order valence-electron chi connectivity index (χ0n) is 14.9. The largest absolute Gasteiger partial charge is 0.493 e. The van der Waals surface area contributed by atoms with E-state index in [9.17, 15) is 4.79 Å². The van der Waals surface area contributed by atoms with Crippen LogP contribution in [0.3, 0.4) is 0 Å². The Morgan fingerprint density at radius 1 is 1.22 bits per heavy atom. The second kappa shape index (κ2) is 9.78. The van der Waals surface area contributed by atoms with Gasteiger partial charge in [-0.1, -0.05) is 32.9 Å². The van der Waals surface area contributed by atoms with Crippen molar-refractivity contribution in [2.45, 2.75) is 40.0 Å². The second-order valence-electron chi connectivity index (χ2n) is 6.91. The number of carbonyl (C=O) groups is 1. The van der Waals surface area contributed by atoms with E-state index in [0.29, 0.717) is 25.6 Å². The van der Waals surface area contributed by atoms with E-state index < -0.39 is 5.41 Å². The van der Waals surface area contributed by atoms with E-state index in [2.05, 4.69) is 19.2 Å². The summed E-state index contributed by atoms with van der Waals surface area (Å²) in [4.78, 5) is 12.4. The standard InChI is InChI=1S/C18H30N2O2.ClH/c1-13(2)12-22-16-8-6-15(7-9-16)18(4,5)17(21)20-11-14(3)10-19;/h6-9,13-14H,10-12,19H2,1-5H3,(H,20,21);1H. The SMILES string of the molecule is CC(C)COc1ccc(C(C)(C)C(=O)NCC(C)CN)cc1.Cl. The van der Waals surface area contributed by atoms with Crippen molar-refractivity contribution in [3.05, 3.63) is 29.8 Å². The zero-order valence-corrected chi connectivity index (χ0v) is 15.7. The summed E-state index contributed by atoms with van der Waals surface area (Å²) < 4.78 is 5.67. The van der Waals surface area contributed by atoms with Crippen molar-refractivity contribution in [3.63, 3.8) is 0 Å². The summed E-state index contributed by atoms with van der Waals surface area (Å²) >= 11 is 0. The molecule has 0 heterocycles. The van der Waals surface area contributed by atoms with Gasteiger partial charge in [-0.3, -0.25) is 4.79 Å². The molecule has 1 atom stereocenters. The fourth-order valence-corrected chi connectivity index (χ4v) is 1.93. The van der Waals surface area contributed by atoms with Crippen LogP contribution in [0.15, 0.2) is 24.3 Å². The average Bonchev–Trinajstić information content (AvgIpc) is 2.50. The van der Waals surface area contributed by atoms with Crippen LogP contribution < -0.4 is 15.8 Å². The van der Waals surface area contributed by atoms with Gasteiger partial charge in [-0.25, -0.2) is 0 Å². The Kier molecular flexibility index (Phi) is 9.25. The van der Waals surface area contributed by atoms with Crippen molar-refractivity contribution in [2.24, 2.45) is 17.6 Å². The van der Waals surface area contributed by atoms with Crippen LogP contribution in [0.1, 0.15) is 40.2 Å². The highest BCUT2D eigenvalue weighted by Gasteiger charge is 2.29. The van der Waals surface area contributed by atoms with E-state index in [0.717, 1.165) is 11.3 Å². The summed E-state index contributed by atoms with van der Waals surface area (Å²) in [6.07, 6.45) is 0. The maximum absolute atomic E-state index is 12.4. The van der Waals surface area contributed by atoms with Crippen molar-refractivity contribution in [3.8, 4) is 5.75 Å². The molecule has 132 valence electrons. The minimum Gasteiger partial charge on any atom is -0.493 e. The number of halogens is 1. The van der Waals surface area contributed by atoms with Gasteiger partial charge in [0.05, 0.1) is 12.0 Å². The first-order valence-corrected chi connectivity index (χ1v) is 7.99. The Bertz CT molecular complexity index is 472. The number of nitrogens with one attached hydrogen (secondary N) is 1. The molecule has 3 N–H and O–H groups in total. The summed E-state index contributed by atoms with van der Waals surface area (Å²) in [5.41, 5.74) is 5.98. The highest BCUT2D eigenvalue weighted by Crippen LogP contribution is 2.25. The molecule has 1 unspecified atom stereocenters. The Morgan fingerprint density at radius 3 is 2.26 bits per heavy atom. The second-order valence-corrected chi connectivity index (χ2v) is 6.91. The number of benzene rings is 1. The van der Waals surface area contributed by atoms with E-state index in [1.165, 1.54) is 0 Å². The summed E-state index contributed by atoms with van der Waals surface area (Å²) in [6, 6.07) is 7.77. The summed E-state index contributed by atoms with van der Waals surface area (Å²) in [7, 11) is 0. The van der Waals surface area contributed by atoms with Gasteiger partial charge in [0.1, 0.15) is 5.75 Å². The van der Waals surface area contributed by atoms with Crippen molar-refractivity contribution in [1.82, 2.24) is 5.32 Å². The smallest absolute Gasteiger partial charge is 0.230 e. The first-order valence-electron chi connectivity index (χ1n) is 7.99. The number of hydrogen-bond acceptors (Lipinski definition) is 3. The quantitative estimate of drug-likeness (QED) is 0.762. The van der Waals surface area contributed by atoms with E-state index in [1.54, 1.807) is 0 Å². The van der Waals surface area contributed by atoms with Crippen LogP contribution in [0.5, 0.6) is 5.75 Å². The van der Waals surface area contributed by atoms with Gasteiger partial charge in [0.15, 0.2) is 0 Å². The van der Waals surface area contributed by atoms with Gasteiger partial charge in [-0.2, -0.15) is 0 Å². The van der Waals surface area contributed by atoms with Crippen LogP contribution >= 0.6 is 12.4 Å². The highest BCUT2D eigenvalue weighted by molar-refractivity contribution is 5.87. The third-order valence-electron chi connectivity index (χ3n) is 3.74. The van der Waals surface area contributed by atoms with E-state index in [4.69, 9.17) is 10.5 Å². The van der Waals surface area contributed by atoms with Crippen molar-refractivity contribution in [1.29, 1.82) is 0 Å². The molecule has 5 heteroatoms. The molecule has 1 rings (SSSR count). The van der Waals surface area contributed by atoms with Gasteiger partial charge >= 0.3 is 0 Å². The predicted molar refractivity (Wildman–Crippen MR) is 98.3 cm³/mol. The van der Waals surface area contributed by atoms with Crippen LogP contribution in [-0.2, 0) is 10.2 Å². The lowest BCUT2D eigenvalue weighted by Gasteiger charge is -2.25. The minimum absolute atomic E-state index is 0. The highest BCUT2D eigenvalue weighted by atomic mass is 35.5. The molecule has 1 aromatic carbocycles. The maximum Gasteiger partial charge on any atom is 0.230 e. The molecule has 0 spiro atoms. The van der Waals surface area contributed by atoms with Crippen LogP contribution in [0.2, 0.25) is 0 Å². The molecule has 0 aliphatic rings. The van der Waals surface area contributed by atoms with Gasteiger partial charge in [-0.15, -0.1) is 12.4 Å². The monoisotopic (exact) mass is 342 g/mol. The van der Waals surface area contributed by atoms with Crippen molar-refractivity contribution in [2.75, 3.05) is 19.7 Å². The van der Waals surface area contributed by atoms with Gasteiger partial charge < -0.3 is 15.8 Å². The van der Waals surface area contributed by atoms with E-state index in [1.807, 2.05) is 45.0 Å². The van der Waals surface area contributed by atoms with Crippen LogP contribution in [0.4, 0.5) is 0 Å². The first-order chi connectivity index (χ1) is 10.3. The third-order valence-corrected chi connectivity index (χ3v) is 3.74. The molecule has 0 fully saturated rings. The number of ether oxygens (including phenoxy) is 1. The number of carbonyl (C=O) groups excluding carboxylic acids is 1. The Hall–Kier alpha value is -1.26. The number of rotatable bonds is 8. The summed E-state index contributed by atoms with van der Waals surface area (Å²) in [6.45, 7) is 12.0. The van der Waals surface area contributed by atoms with Crippen molar-refractivity contribution < 1.29 is 9.53 Å². The predicted octanol–water partition coefficient (Wildman–Crippen LogP) is 3.13. The Labute approximate surface area is 146 Å². The fraction of sp³-hybridized carbons (Fsp3) is 0.611. The van der Waals surface area contributed by atoms with Gasteiger partial charge in [0.2, 0.25) is 5.91 Å². The Balaban J connectivity index is 0.00000484. The van der Waals surface area contributed by atoms with Gasteiger partial charge in [0.25, 0.3) is 0 Å². The molecule has 23 heavy (non-hydrogen) atoms. The van der Waals surface area contributed by atoms with E-state index >= 15 is 0 Å². The molecule has 1 amide bonds. The summed E-state index contributed by atoms with van der Waals surface area (Å²) in [5.74, 6) is 1.63. The number of amides is 1. The fourth-order valence-electron chi connectivity index (χ4n) is 1.93.